The summed E-state index contributed by atoms with van der Waals surface area (Å²) in [6, 6.07) is 0. The van der Waals surface area contributed by atoms with Crippen molar-refractivity contribution in [3.8, 4) is 0 Å². The number of rotatable bonds is 2. The van der Waals surface area contributed by atoms with Crippen LogP contribution in [0.3, 0.4) is 0 Å². The van der Waals surface area contributed by atoms with Gasteiger partial charge in [0.15, 0.2) is 0 Å². The van der Waals surface area contributed by atoms with E-state index in [9.17, 15) is 8.42 Å². The molecular weight excluding hydrogens is 128 g/mol. The normalized spacial score (nSPS) is 7.62. The highest BCUT2D eigenvalue weighted by Gasteiger charge is 1.78. The maximum atomic E-state index is 9.77. The lowest BCUT2D eigenvalue weighted by Crippen LogP contribution is -2.12. The predicted molar refractivity (Wildman–Crippen MR) is 31.5 cm³/mol. The summed E-state index contributed by atoms with van der Waals surface area (Å²) in [7, 11) is -0.735. The van der Waals surface area contributed by atoms with Crippen molar-refractivity contribution in [3.05, 3.63) is 0 Å². The van der Waals surface area contributed by atoms with Crippen molar-refractivity contribution >= 4 is 22.1 Å². The van der Waals surface area contributed by atoms with E-state index in [1.807, 2.05) is 0 Å². The standard InChI is InChI=1S/C3H6N2O2S/c1-5(2-4)3-8(6)7/h2-4H,1H3. The molecule has 0 saturated heterocycles. The van der Waals surface area contributed by atoms with E-state index in [1.54, 1.807) is 0 Å². The van der Waals surface area contributed by atoms with E-state index >= 15 is 0 Å². The molecule has 0 atom stereocenters. The van der Waals surface area contributed by atoms with E-state index in [4.69, 9.17) is 5.41 Å². The Morgan fingerprint density at radius 1 is 1.62 bits per heavy atom. The molecule has 0 aromatic heterocycles. The lowest BCUT2D eigenvalue weighted by Gasteiger charge is -1.96. The Morgan fingerprint density at radius 3 is 2.25 bits per heavy atom. The molecule has 0 bridgehead atoms. The third-order valence-corrected chi connectivity index (χ3v) is 0.961. The molecule has 0 spiro atoms. The minimum Gasteiger partial charge on any atom is -0.329 e. The fourth-order valence-electron chi connectivity index (χ4n) is 0.166. The molecule has 0 aromatic carbocycles. The van der Waals surface area contributed by atoms with Gasteiger partial charge in [0.1, 0.15) is 5.49 Å². The average molecular weight is 134 g/mol. The van der Waals surface area contributed by atoms with Crippen LogP contribution in [0.2, 0.25) is 0 Å². The first-order chi connectivity index (χ1) is 3.66. The smallest absolute Gasteiger partial charge is 0.230 e. The highest BCUT2D eigenvalue weighted by Crippen LogP contribution is 1.60. The van der Waals surface area contributed by atoms with Crippen molar-refractivity contribution in [2.45, 2.75) is 0 Å². The molecule has 0 amide bonds. The Morgan fingerprint density at radius 2 is 2.12 bits per heavy atom. The van der Waals surface area contributed by atoms with Crippen molar-refractivity contribution < 1.29 is 8.42 Å². The van der Waals surface area contributed by atoms with Crippen LogP contribution in [0.15, 0.2) is 0 Å². The van der Waals surface area contributed by atoms with Gasteiger partial charge >= 0.3 is 0 Å². The quantitative estimate of drug-likeness (QED) is 0.304. The molecule has 0 aliphatic heterocycles. The van der Waals surface area contributed by atoms with E-state index in [2.05, 4.69) is 0 Å². The zero-order valence-corrected chi connectivity index (χ0v) is 5.14. The van der Waals surface area contributed by atoms with Gasteiger partial charge in [0.25, 0.3) is 0 Å². The molecule has 4 nitrogen and oxygen atoms in total. The van der Waals surface area contributed by atoms with Crippen LogP contribution in [0.4, 0.5) is 0 Å². The fraction of sp³-hybridized carbons (Fsp3) is 0.333. The van der Waals surface area contributed by atoms with Gasteiger partial charge in [-0.05, 0) is 0 Å². The summed E-state index contributed by atoms with van der Waals surface area (Å²) in [6.07, 6.45) is 0.899. The Labute approximate surface area is 48.8 Å². The molecule has 1 N–H and O–H groups in total. The van der Waals surface area contributed by atoms with Crippen LogP contribution in [0, 0.1) is 5.41 Å². The maximum absolute atomic E-state index is 9.77. The van der Waals surface area contributed by atoms with Crippen LogP contribution < -0.4 is 0 Å². The van der Waals surface area contributed by atoms with Gasteiger partial charge in [-0.15, -0.1) is 0 Å². The predicted octanol–water partition coefficient (Wildman–Crippen LogP) is -0.836. The third kappa shape index (κ3) is 3.35. The van der Waals surface area contributed by atoms with Crippen molar-refractivity contribution in [2.24, 2.45) is 0 Å². The van der Waals surface area contributed by atoms with Gasteiger partial charge in [-0.2, -0.15) is 8.42 Å². The second-order valence-electron chi connectivity index (χ2n) is 1.16. The van der Waals surface area contributed by atoms with Gasteiger partial charge in [0.05, 0.1) is 6.34 Å². The summed E-state index contributed by atoms with van der Waals surface area (Å²) in [5.41, 5.74) is 0.896. The summed E-state index contributed by atoms with van der Waals surface area (Å²) in [5, 5.41) is 6.50. The summed E-state index contributed by atoms with van der Waals surface area (Å²) >= 11 is 0. The largest absolute Gasteiger partial charge is 0.329 e. The minimum atomic E-state index is -2.20. The van der Waals surface area contributed by atoms with Gasteiger partial charge < -0.3 is 4.90 Å². The second-order valence-corrected chi connectivity index (χ2v) is 1.89. The number of nitrogens with zero attached hydrogens (tertiary/aromatic N) is 1. The zero-order chi connectivity index (χ0) is 6.57. The summed E-state index contributed by atoms with van der Waals surface area (Å²) in [6.45, 7) is 0. The number of hydrogen-bond donors (Lipinski definition) is 1. The first kappa shape index (κ1) is 7.16. The van der Waals surface area contributed by atoms with Crippen molar-refractivity contribution in [2.75, 3.05) is 7.05 Å². The van der Waals surface area contributed by atoms with Crippen LogP contribution in [-0.2, 0) is 10.3 Å². The number of hydrogen-bond acceptors (Lipinski definition) is 3. The lowest BCUT2D eigenvalue weighted by molar-refractivity contribution is 0.625. The molecule has 0 heterocycles. The lowest BCUT2D eigenvalue weighted by atomic mass is 11.0. The molecule has 0 aliphatic rings. The van der Waals surface area contributed by atoms with E-state index < -0.39 is 10.3 Å². The topological polar surface area (TPSA) is 61.2 Å². The van der Waals surface area contributed by atoms with Crippen LogP contribution in [0.1, 0.15) is 0 Å². The second kappa shape index (κ2) is 3.20. The van der Waals surface area contributed by atoms with Crippen LogP contribution >= 0.6 is 0 Å². The zero-order valence-electron chi connectivity index (χ0n) is 4.33. The van der Waals surface area contributed by atoms with E-state index in [1.165, 1.54) is 7.05 Å². The van der Waals surface area contributed by atoms with Crippen molar-refractivity contribution in [3.63, 3.8) is 0 Å². The average Bonchev–Trinajstić information content (AvgIpc) is 1.65. The first-order valence-corrected chi connectivity index (χ1v) is 2.96. The van der Waals surface area contributed by atoms with E-state index in [-0.39, 0.29) is 0 Å². The molecule has 0 aliphatic carbocycles. The van der Waals surface area contributed by atoms with Gasteiger partial charge in [-0.3, -0.25) is 5.41 Å². The Hall–Kier alpha value is -0.840. The van der Waals surface area contributed by atoms with Crippen LogP contribution in [0.5, 0.6) is 0 Å². The van der Waals surface area contributed by atoms with Crippen LogP contribution in [-0.4, -0.2) is 32.2 Å². The maximum Gasteiger partial charge on any atom is 0.230 e. The van der Waals surface area contributed by atoms with E-state index in [0.717, 1.165) is 16.7 Å². The molecule has 5 heteroatoms. The third-order valence-electron chi connectivity index (χ3n) is 0.456. The number of nitrogens with one attached hydrogen (secondary N) is 1. The minimum absolute atomic E-state index is 0.896. The summed E-state index contributed by atoms with van der Waals surface area (Å²) < 4.78 is 19.5. The Bertz CT molecular complexity index is 185. The molecule has 0 rings (SSSR count). The van der Waals surface area contributed by atoms with E-state index in [0.29, 0.717) is 0 Å². The molecular formula is C3H6N2O2S. The molecule has 0 unspecified atom stereocenters. The molecule has 0 saturated carbocycles. The van der Waals surface area contributed by atoms with Crippen molar-refractivity contribution in [1.29, 1.82) is 5.41 Å². The molecule has 0 radical (unpaired) electrons. The Balaban J connectivity index is 4.09. The van der Waals surface area contributed by atoms with Gasteiger partial charge in [0.2, 0.25) is 10.3 Å². The summed E-state index contributed by atoms with van der Waals surface area (Å²) in [5.74, 6) is 0. The molecule has 0 fully saturated rings. The highest BCUT2D eigenvalue weighted by molar-refractivity contribution is 7.71. The molecule has 46 valence electrons. The molecule has 8 heavy (non-hydrogen) atoms. The Kier molecular flexibility index (Phi) is 2.86. The molecule has 0 aromatic rings. The van der Waals surface area contributed by atoms with Crippen molar-refractivity contribution in [1.82, 2.24) is 4.90 Å². The summed E-state index contributed by atoms with van der Waals surface area (Å²) in [4.78, 5) is 1.13. The monoisotopic (exact) mass is 134 g/mol. The SMILES string of the molecule is CN(C=N)C=S(=O)=O. The van der Waals surface area contributed by atoms with Gasteiger partial charge in [-0.25, -0.2) is 0 Å². The van der Waals surface area contributed by atoms with Gasteiger partial charge in [-0.1, -0.05) is 0 Å². The highest BCUT2D eigenvalue weighted by atomic mass is 32.2. The van der Waals surface area contributed by atoms with Gasteiger partial charge in [0, 0.05) is 7.05 Å². The van der Waals surface area contributed by atoms with Crippen LogP contribution in [0.25, 0.3) is 0 Å². The first-order valence-electron chi connectivity index (χ1n) is 1.82. The fourth-order valence-corrected chi connectivity index (χ4v) is 0.499.